The highest BCUT2D eigenvalue weighted by atomic mass is 32.2. The molecule has 0 bridgehead atoms. The molecule has 2 aromatic rings. The number of amides is 1. The van der Waals surface area contributed by atoms with E-state index in [4.69, 9.17) is 0 Å². The van der Waals surface area contributed by atoms with Crippen LogP contribution in [-0.2, 0) is 12.3 Å². The van der Waals surface area contributed by atoms with Gasteiger partial charge in [0.25, 0.3) is 5.91 Å². The van der Waals surface area contributed by atoms with Gasteiger partial charge in [0, 0.05) is 31.0 Å². The van der Waals surface area contributed by atoms with Gasteiger partial charge in [-0.2, -0.15) is 0 Å². The van der Waals surface area contributed by atoms with E-state index in [-0.39, 0.29) is 5.91 Å². The molecule has 0 unspecified atom stereocenters. The molecule has 1 fully saturated rings. The molecule has 1 aromatic carbocycles. The Morgan fingerprint density at radius 3 is 2.58 bits per heavy atom. The fourth-order valence-corrected chi connectivity index (χ4v) is 3.60. The number of thioether (sulfide) groups is 1. The van der Waals surface area contributed by atoms with Crippen molar-refractivity contribution >= 4 is 17.7 Å². The van der Waals surface area contributed by atoms with Crippen LogP contribution in [0, 0.1) is 5.92 Å². The Kier molecular flexibility index (Phi) is 5.50. The van der Waals surface area contributed by atoms with Crippen molar-refractivity contribution < 1.29 is 4.79 Å². The van der Waals surface area contributed by atoms with Crippen LogP contribution in [0.3, 0.4) is 0 Å². The predicted octanol–water partition coefficient (Wildman–Crippen LogP) is 2.86. The zero-order valence-corrected chi connectivity index (χ0v) is 15.0. The van der Waals surface area contributed by atoms with E-state index in [2.05, 4.69) is 29.4 Å². The van der Waals surface area contributed by atoms with Crippen molar-refractivity contribution in [3.63, 3.8) is 0 Å². The first-order valence-corrected chi connectivity index (χ1v) is 9.39. The number of carbonyl (C=O) groups excluding carboxylic acids is 1. The monoisotopic (exact) mass is 345 g/mol. The molecule has 0 aliphatic carbocycles. The number of likely N-dealkylation sites (tertiary alicyclic amines) is 1. The number of rotatable bonds is 6. The standard InChI is InChI=1S/C17H23N5OS/c1-13(2)11-22-17(18-19-20-22)24-12-14-5-7-15(8-6-14)16(23)21-9-3-4-10-21/h5-8,13H,3-4,9-12H2,1-2H3. The third-order valence-corrected chi connectivity index (χ3v) is 5.03. The fourth-order valence-electron chi connectivity index (χ4n) is 2.75. The van der Waals surface area contributed by atoms with Crippen LogP contribution in [0.25, 0.3) is 0 Å². The number of tetrazole rings is 1. The van der Waals surface area contributed by atoms with Crippen LogP contribution in [0.15, 0.2) is 29.4 Å². The van der Waals surface area contributed by atoms with Gasteiger partial charge >= 0.3 is 0 Å². The molecule has 1 aromatic heterocycles. The van der Waals surface area contributed by atoms with Gasteiger partial charge in [0.2, 0.25) is 5.16 Å². The zero-order chi connectivity index (χ0) is 16.9. The molecule has 1 aliphatic rings. The third kappa shape index (κ3) is 4.14. The number of benzene rings is 1. The number of aromatic nitrogens is 4. The van der Waals surface area contributed by atoms with Gasteiger partial charge in [-0.3, -0.25) is 4.79 Å². The third-order valence-electron chi connectivity index (χ3n) is 4.00. The summed E-state index contributed by atoms with van der Waals surface area (Å²) in [5, 5.41) is 12.7. The second-order valence-corrected chi connectivity index (χ2v) is 7.46. The summed E-state index contributed by atoms with van der Waals surface area (Å²) in [5.74, 6) is 1.44. The summed E-state index contributed by atoms with van der Waals surface area (Å²) >= 11 is 1.62. The maximum absolute atomic E-state index is 12.3. The van der Waals surface area contributed by atoms with Crippen molar-refractivity contribution in [2.45, 2.75) is 44.1 Å². The van der Waals surface area contributed by atoms with E-state index in [9.17, 15) is 4.79 Å². The molecule has 0 N–H and O–H groups in total. The largest absolute Gasteiger partial charge is 0.339 e. The zero-order valence-electron chi connectivity index (χ0n) is 14.2. The Labute approximate surface area is 146 Å². The molecule has 6 nitrogen and oxygen atoms in total. The highest BCUT2D eigenvalue weighted by Gasteiger charge is 2.19. The van der Waals surface area contributed by atoms with Crippen LogP contribution < -0.4 is 0 Å². The summed E-state index contributed by atoms with van der Waals surface area (Å²) in [6.45, 7) is 6.88. The lowest BCUT2D eigenvalue weighted by Gasteiger charge is -2.15. The lowest BCUT2D eigenvalue weighted by molar-refractivity contribution is 0.0793. The van der Waals surface area contributed by atoms with E-state index in [1.807, 2.05) is 33.8 Å². The normalized spacial score (nSPS) is 14.5. The average Bonchev–Trinajstić information content (AvgIpc) is 3.24. The molecule has 2 heterocycles. The van der Waals surface area contributed by atoms with Crippen molar-refractivity contribution in [1.29, 1.82) is 0 Å². The molecule has 128 valence electrons. The summed E-state index contributed by atoms with van der Waals surface area (Å²) in [4.78, 5) is 14.3. The van der Waals surface area contributed by atoms with E-state index < -0.39 is 0 Å². The van der Waals surface area contributed by atoms with E-state index in [1.54, 1.807) is 11.8 Å². The van der Waals surface area contributed by atoms with Crippen LogP contribution in [0.2, 0.25) is 0 Å². The summed E-state index contributed by atoms with van der Waals surface area (Å²) in [6.07, 6.45) is 2.23. The fraction of sp³-hybridized carbons (Fsp3) is 0.529. The quantitative estimate of drug-likeness (QED) is 0.753. The van der Waals surface area contributed by atoms with Gasteiger partial charge in [0.1, 0.15) is 0 Å². The first kappa shape index (κ1) is 17.0. The molecule has 1 amide bonds. The summed E-state index contributed by atoms with van der Waals surface area (Å²) in [5.41, 5.74) is 1.94. The Balaban J connectivity index is 1.58. The summed E-state index contributed by atoms with van der Waals surface area (Å²) < 4.78 is 1.85. The second-order valence-electron chi connectivity index (χ2n) is 6.52. The van der Waals surface area contributed by atoms with Crippen LogP contribution in [0.4, 0.5) is 0 Å². The van der Waals surface area contributed by atoms with Crippen molar-refractivity contribution in [3.05, 3.63) is 35.4 Å². The predicted molar refractivity (Wildman–Crippen MR) is 93.8 cm³/mol. The number of nitrogens with zero attached hydrogens (tertiary/aromatic N) is 5. The van der Waals surface area contributed by atoms with Crippen molar-refractivity contribution in [2.75, 3.05) is 13.1 Å². The smallest absolute Gasteiger partial charge is 0.253 e. The van der Waals surface area contributed by atoms with Gasteiger partial charge < -0.3 is 4.90 Å². The minimum Gasteiger partial charge on any atom is -0.339 e. The topological polar surface area (TPSA) is 63.9 Å². The Bertz CT molecular complexity index is 677. The Morgan fingerprint density at radius 1 is 1.21 bits per heavy atom. The molecule has 0 atom stereocenters. The van der Waals surface area contributed by atoms with Crippen LogP contribution >= 0.6 is 11.8 Å². The van der Waals surface area contributed by atoms with Crippen molar-refractivity contribution in [1.82, 2.24) is 25.1 Å². The van der Waals surface area contributed by atoms with Gasteiger partial charge in [-0.25, -0.2) is 4.68 Å². The molecule has 3 rings (SSSR count). The van der Waals surface area contributed by atoms with Gasteiger partial charge in [-0.15, -0.1) is 5.10 Å². The van der Waals surface area contributed by atoms with Crippen LogP contribution in [0.1, 0.15) is 42.6 Å². The second kappa shape index (κ2) is 7.79. The minimum absolute atomic E-state index is 0.146. The van der Waals surface area contributed by atoms with Crippen LogP contribution in [-0.4, -0.2) is 44.1 Å². The molecule has 0 saturated carbocycles. The van der Waals surface area contributed by atoms with Crippen molar-refractivity contribution in [3.8, 4) is 0 Å². The van der Waals surface area contributed by atoms with E-state index in [1.165, 1.54) is 0 Å². The van der Waals surface area contributed by atoms with Gasteiger partial charge in [-0.1, -0.05) is 37.7 Å². The van der Waals surface area contributed by atoms with E-state index in [0.29, 0.717) is 5.92 Å². The highest BCUT2D eigenvalue weighted by molar-refractivity contribution is 7.98. The Morgan fingerprint density at radius 2 is 1.92 bits per heavy atom. The molecule has 0 radical (unpaired) electrons. The molecule has 1 saturated heterocycles. The molecule has 7 heteroatoms. The number of hydrogen-bond donors (Lipinski definition) is 0. The molecule has 24 heavy (non-hydrogen) atoms. The van der Waals surface area contributed by atoms with Gasteiger partial charge in [-0.05, 0) is 46.9 Å². The maximum Gasteiger partial charge on any atom is 0.253 e. The molecular formula is C17H23N5OS. The summed E-state index contributed by atoms with van der Waals surface area (Å²) in [7, 11) is 0. The summed E-state index contributed by atoms with van der Waals surface area (Å²) in [6, 6.07) is 7.89. The minimum atomic E-state index is 0.146. The lowest BCUT2D eigenvalue weighted by atomic mass is 10.1. The number of hydrogen-bond acceptors (Lipinski definition) is 5. The van der Waals surface area contributed by atoms with Crippen molar-refractivity contribution in [2.24, 2.45) is 5.92 Å². The first-order chi connectivity index (χ1) is 11.6. The maximum atomic E-state index is 12.3. The van der Waals surface area contributed by atoms with E-state index in [0.717, 1.165) is 54.5 Å². The van der Waals surface area contributed by atoms with Gasteiger partial charge in [0.05, 0.1) is 0 Å². The molecule has 0 spiro atoms. The van der Waals surface area contributed by atoms with Gasteiger partial charge in [0.15, 0.2) is 0 Å². The SMILES string of the molecule is CC(C)Cn1nnnc1SCc1ccc(C(=O)N2CCCC2)cc1. The Hall–Kier alpha value is -1.89. The molecular weight excluding hydrogens is 322 g/mol. The number of carbonyl (C=O) groups is 1. The highest BCUT2D eigenvalue weighted by Crippen LogP contribution is 2.21. The first-order valence-electron chi connectivity index (χ1n) is 8.40. The van der Waals surface area contributed by atoms with Crippen LogP contribution in [0.5, 0.6) is 0 Å². The van der Waals surface area contributed by atoms with E-state index >= 15 is 0 Å². The average molecular weight is 345 g/mol. The lowest BCUT2D eigenvalue weighted by Crippen LogP contribution is -2.27. The molecule has 1 aliphatic heterocycles.